The van der Waals surface area contributed by atoms with Crippen molar-refractivity contribution in [2.45, 2.75) is 13.3 Å². The van der Waals surface area contributed by atoms with Crippen LogP contribution >= 0.6 is 22.7 Å². The van der Waals surface area contributed by atoms with E-state index in [0.29, 0.717) is 5.69 Å². The molecule has 7 heteroatoms. The fourth-order valence-electron chi connectivity index (χ4n) is 3.58. The lowest BCUT2D eigenvalue weighted by molar-refractivity contribution is 0.321. The molecular formula is C21H19FN4S2. The first-order chi connectivity index (χ1) is 13.7. The number of thiazole rings is 1. The normalized spacial score (nSPS) is 15.3. The van der Waals surface area contributed by atoms with E-state index in [4.69, 9.17) is 0 Å². The number of hydrogen-bond acceptors (Lipinski definition) is 6. The van der Waals surface area contributed by atoms with E-state index < -0.39 is 0 Å². The maximum Gasteiger partial charge on any atom is 0.148 e. The van der Waals surface area contributed by atoms with Gasteiger partial charge in [0.05, 0.1) is 27.1 Å². The van der Waals surface area contributed by atoms with E-state index in [2.05, 4.69) is 39.3 Å². The van der Waals surface area contributed by atoms with Crippen LogP contribution in [0, 0.1) is 5.82 Å². The molecule has 0 saturated heterocycles. The van der Waals surface area contributed by atoms with Crippen molar-refractivity contribution in [1.82, 2.24) is 14.9 Å². The lowest BCUT2D eigenvalue weighted by Gasteiger charge is -2.25. The average molecular weight is 411 g/mol. The van der Waals surface area contributed by atoms with Crippen LogP contribution in [0.5, 0.6) is 0 Å². The average Bonchev–Trinajstić information content (AvgIpc) is 3.35. The number of pyridine rings is 1. The molecule has 0 atom stereocenters. The fourth-order valence-corrected chi connectivity index (χ4v) is 5.32. The zero-order valence-corrected chi connectivity index (χ0v) is 17.0. The van der Waals surface area contributed by atoms with Crippen molar-refractivity contribution < 1.29 is 4.39 Å². The van der Waals surface area contributed by atoms with E-state index in [0.717, 1.165) is 52.2 Å². The monoisotopic (exact) mass is 410 g/mol. The maximum atomic E-state index is 14.5. The van der Waals surface area contributed by atoms with Gasteiger partial charge in [-0.15, -0.1) is 22.7 Å². The van der Waals surface area contributed by atoms with Gasteiger partial charge in [-0.25, -0.2) is 14.4 Å². The van der Waals surface area contributed by atoms with Crippen LogP contribution in [-0.4, -0.2) is 34.5 Å². The molecule has 0 saturated carbocycles. The lowest BCUT2D eigenvalue weighted by Crippen LogP contribution is -2.28. The summed E-state index contributed by atoms with van der Waals surface area (Å²) >= 11 is 3.14. The predicted molar refractivity (Wildman–Crippen MR) is 117 cm³/mol. The second-order valence-electron chi connectivity index (χ2n) is 6.85. The van der Waals surface area contributed by atoms with Gasteiger partial charge in [0, 0.05) is 29.5 Å². The molecule has 4 heterocycles. The first kappa shape index (κ1) is 17.7. The van der Waals surface area contributed by atoms with Gasteiger partial charge in [0.1, 0.15) is 10.6 Å². The second kappa shape index (κ2) is 7.24. The minimum absolute atomic E-state index is 0.272. The quantitative estimate of drug-likeness (QED) is 0.455. The van der Waals surface area contributed by atoms with Crippen molar-refractivity contribution in [1.29, 1.82) is 0 Å². The molecule has 0 fully saturated rings. The first-order valence-corrected chi connectivity index (χ1v) is 11.0. The number of benzene rings is 1. The van der Waals surface area contributed by atoms with Crippen molar-refractivity contribution in [3.05, 3.63) is 52.7 Å². The Labute approximate surface area is 170 Å². The highest BCUT2D eigenvalue weighted by Crippen LogP contribution is 2.36. The Hall–Kier alpha value is -2.35. The first-order valence-electron chi connectivity index (χ1n) is 9.31. The number of nitrogens with zero attached hydrogens (tertiary/aromatic N) is 3. The third-order valence-electron chi connectivity index (χ3n) is 5.12. The smallest absolute Gasteiger partial charge is 0.148 e. The second-order valence-corrected chi connectivity index (χ2v) is 8.77. The maximum absolute atomic E-state index is 14.5. The van der Waals surface area contributed by atoms with Crippen molar-refractivity contribution in [2.24, 2.45) is 0 Å². The predicted octanol–water partition coefficient (Wildman–Crippen LogP) is 5.90. The highest BCUT2D eigenvalue weighted by atomic mass is 32.1. The van der Waals surface area contributed by atoms with Gasteiger partial charge in [-0.3, -0.25) is 4.90 Å². The Kier molecular flexibility index (Phi) is 4.58. The van der Waals surface area contributed by atoms with Crippen molar-refractivity contribution >= 4 is 60.1 Å². The molecule has 0 spiro atoms. The Morgan fingerprint density at radius 2 is 2.14 bits per heavy atom. The van der Waals surface area contributed by atoms with Gasteiger partial charge >= 0.3 is 0 Å². The summed E-state index contributed by atoms with van der Waals surface area (Å²) in [5.74, 6) is -0.272. The summed E-state index contributed by atoms with van der Waals surface area (Å²) in [5, 5.41) is 4.28. The van der Waals surface area contributed by atoms with E-state index in [1.165, 1.54) is 21.8 Å². The number of halogens is 1. The molecule has 4 nitrogen and oxygen atoms in total. The van der Waals surface area contributed by atoms with E-state index in [1.807, 2.05) is 6.07 Å². The molecular weight excluding hydrogens is 391 g/mol. The Balaban J connectivity index is 1.52. The summed E-state index contributed by atoms with van der Waals surface area (Å²) in [6, 6.07) is 7.39. The van der Waals surface area contributed by atoms with E-state index >= 15 is 0 Å². The van der Waals surface area contributed by atoms with Crippen molar-refractivity contribution in [3.8, 4) is 0 Å². The summed E-state index contributed by atoms with van der Waals surface area (Å²) in [7, 11) is 0. The molecule has 1 N–H and O–H groups in total. The zero-order chi connectivity index (χ0) is 19.1. The molecule has 1 aliphatic rings. The fraction of sp³-hybridized carbons (Fsp3) is 0.238. The number of hydrogen-bond donors (Lipinski definition) is 1. The van der Waals surface area contributed by atoms with Gasteiger partial charge < -0.3 is 5.32 Å². The van der Waals surface area contributed by atoms with E-state index in [-0.39, 0.29) is 5.82 Å². The largest absolute Gasteiger partial charge is 0.352 e. The van der Waals surface area contributed by atoms with Crippen molar-refractivity contribution in [2.75, 3.05) is 25.0 Å². The van der Waals surface area contributed by atoms with Gasteiger partial charge in [0.2, 0.25) is 0 Å². The summed E-state index contributed by atoms with van der Waals surface area (Å²) in [6.07, 6.45) is 5.19. The van der Waals surface area contributed by atoms with Crippen LogP contribution in [0.1, 0.15) is 18.2 Å². The third-order valence-corrected chi connectivity index (χ3v) is 7.03. The number of likely N-dealkylation sites (N-methyl/N-ethyl adjacent to an activating group) is 1. The van der Waals surface area contributed by atoms with Gasteiger partial charge in [-0.2, -0.15) is 0 Å². The van der Waals surface area contributed by atoms with Crippen LogP contribution in [0.15, 0.2) is 42.0 Å². The Bertz CT molecular complexity index is 1190. The van der Waals surface area contributed by atoms with E-state index in [9.17, 15) is 4.39 Å². The third kappa shape index (κ3) is 3.19. The minimum atomic E-state index is -0.272. The summed E-state index contributed by atoms with van der Waals surface area (Å²) in [4.78, 5) is 13.5. The number of aromatic nitrogens is 2. The molecule has 4 aromatic rings. The van der Waals surface area contributed by atoms with Crippen LogP contribution < -0.4 is 5.32 Å². The molecule has 0 radical (unpaired) electrons. The van der Waals surface area contributed by atoms with Crippen molar-refractivity contribution in [3.63, 3.8) is 0 Å². The number of nitrogens with one attached hydrogen (secondary N) is 1. The molecule has 28 heavy (non-hydrogen) atoms. The Morgan fingerprint density at radius 1 is 1.21 bits per heavy atom. The molecule has 5 rings (SSSR count). The standard InChI is InChI=1S/C21H19FN4S2/c1-2-26-7-3-4-13(11-26)19-8-14-16(5-6-23-21(14)28-19)25-17-10-18-20(9-15(17)22)27-12-24-18/h4-6,8-10,12H,2-3,7,11H2,1H3,(H,23,25). The summed E-state index contributed by atoms with van der Waals surface area (Å²) < 4.78 is 15.4. The van der Waals surface area contributed by atoms with Crippen LogP contribution in [0.3, 0.4) is 0 Å². The highest BCUT2D eigenvalue weighted by molar-refractivity contribution is 7.19. The number of anilines is 2. The van der Waals surface area contributed by atoms with Gasteiger partial charge in [-0.1, -0.05) is 13.0 Å². The van der Waals surface area contributed by atoms with Crippen LogP contribution in [-0.2, 0) is 0 Å². The van der Waals surface area contributed by atoms with Gasteiger partial charge in [0.15, 0.2) is 0 Å². The highest BCUT2D eigenvalue weighted by Gasteiger charge is 2.17. The molecule has 142 valence electrons. The number of rotatable bonds is 4. The minimum Gasteiger partial charge on any atom is -0.352 e. The van der Waals surface area contributed by atoms with Crippen LogP contribution in [0.4, 0.5) is 15.8 Å². The topological polar surface area (TPSA) is 41.0 Å². The number of fused-ring (bicyclic) bond motifs is 2. The molecule has 1 aromatic carbocycles. The molecule has 0 aliphatic carbocycles. The molecule has 0 amide bonds. The van der Waals surface area contributed by atoms with Crippen LogP contribution in [0.25, 0.3) is 26.0 Å². The van der Waals surface area contributed by atoms with Crippen LogP contribution in [0.2, 0.25) is 0 Å². The lowest BCUT2D eigenvalue weighted by atomic mass is 10.1. The molecule has 0 unspecified atom stereocenters. The SMILES string of the molecule is CCN1CCC=C(c2cc3c(Nc4cc5ncsc5cc4F)ccnc3s2)C1. The Morgan fingerprint density at radius 3 is 3.04 bits per heavy atom. The molecule has 3 aromatic heterocycles. The zero-order valence-electron chi connectivity index (χ0n) is 15.4. The van der Waals surface area contributed by atoms with Gasteiger partial charge in [-0.05, 0) is 42.8 Å². The van der Waals surface area contributed by atoms with E-state index in [1.54, 1.807) is 35.2 Å². The summed E-state index contributed by atoms with van der Waals surface area (Å²) in [5.41, 5.74) is 5.20. The molecule has 0 bridgehead atoms. The summed E-state index contributed by atoms with van der Waals surface area (Å²) in [6.45, 7) is 5.35. The molecule has 1 aliphatic heterocycles. The van der Waals surface area contributed by atoms with Gasteiger partial charge in [0.25, 0.3) is 0 Å². The number of thiophene rings is 1.